The molecule has 11 heteroatoms. The number of fused-ring (bicyclic) bond motifs is 1. The Hall–Kier alpha value is -4.09. The summed E-state index contributed by atoms with van der Waals surface area (Å²) in [5.41, 5.74) is 2.62. The second-order valence-electron chi connectivity index (χ2n) is 10.5. The Balaban J connectivity index is 1.60. The van der Waals surface area contributed by atoms with Crippen LogP contribution in [0.25, 0.3) is 22.3 Å². The van der Waals surface area contributed by atoms with E-state index in [1.807, 2.05) is 0 Å². The Kier molecular flexibility index (Phi) is 8.16. The first-order valence-corrected chi connectivity index (χ1v) is 15.4. The predicted octanol–water partition coefficient (Wildman–Crippen LogP) is 5.13. The first-order chi connectivity index (χ1) is 20.0. The summed E-state index contributed by atoms with van der Waals surface area (Å²) >= 11 is 0. The van der Waals surface area contributed by atoms with E-state index in [4.69, 9.17) is 4.42 Å². The van der Waals surface area contributed by atoms with E-state index in [1.165, 1.54) is 50.5 Å². The second kappa shape index (κ2) is 11.7. The van der Waals surface area contributed by atoms with Crippen molar-refractivity contribution in [3.63, 3.8) is 0 Å². The van der Waals surface area contributed by atoms with Crippen LogP contribution in [0.5, 0.6) is 0 Å². The summed E-state index contributed by atoms with van der Waals surface area (Å²) in [6.07, 6.45) is 3.14. The lowest BCUT2D eigenvalue weighted by Gasteiger charge is -2.33. The summed E-state index contributed by atoms with van der Waals surface area (Å²) in [6.45, 7) is 0. The highest BCUT2D eigenvalue weighted by Gasteiger charge is 2.32. The first-order valence-electron chi connectivity index (χ1n) is 13.5. The molecule has 1 unspecified atom stereocenters. The van der Waals surface area contributed by atoms with Crippen LogP contribution in [0.1, 0.15) is 46.8 Å². The first kappa shape index (κ1) is 29.4. The summed E-state index contributed by atoms with van der Waals surface area (Å²) in [6, 6.07) is 13.7. The number of carbonyl (C=O) groups is 2. The summed E-state index contributed by atoms with van der Waals surface area (Å²) in [5, 5.41) is 6.48. The molecule has 5 rings (SSSR count). The third kappa shape index (κ3) is 5.93. The lowest BCUT2D eigenvalue weighted by Crippen LogP contribution is -2.43. The number of benzene rings is 3. The van der Waals surface area contributed by atoms with E-state index in [9.17, 15) is 26.8 Å². The average Bonchev–Trinajstić information content (AvgIpc) is 3.35. The molecule has 1 aromatic heterocycles. The van der Waals surface area contributed by atoms with Gasteiger partial charge in [-0.25, -0.2) is 17.2 Å². The zero-order valence-corrected chi connectivity index (χ0v) is 24.2. The van der Waals surface area contributed by atoms with Gasteiger partial charge in [0.25, 0.3) is 5.91 Å². The van der Waals surface area contributed by atoms with E-state index in [1.54, 1.807) is 24.3 Å². The molecule has 2 atom stereocenters. The van der Waals surface area contributed by atoms with Gasteiger partial charge in [-0.05, 0) is 72.9 Å². The van der Waals surface area contributed by atoms with Gasteiger partial charge in [-0.2, -0.15) is 0 Å². The molecule has 1 aliphatic heterocycles. The van der Waals surface area contributed by atoms with Crippen LogP contribution in [0.2, 0.25) is 0 Å². The summed E-state index contributed by atoms with van der Waals surface area (Å²) in [4.78, 5) is 26.3. The van der Waals surface area contributed by atoms with Crippen LogP contribution in [0.15, 0.2) is 65.1 Å². The van der Waals surface area contributed by atoms with Gasteiger partial charge in [0.1, 0.15) is 23.0 Å². The second-order valence-corrected chi connectivity index (χ2v) is 12.5. The molecule has 0 aliphatic carbocycles. The van der Waals surface area contributed by atoms with E-state index in [-0.39, 0.29) is 34.9 Å². The van der Waals surface area contributed by atoms with Crippen LogP contribution in [0.4, 0.5) is 14.5 Å². The van der Waals surface area contributed by atoms with Crippen LogP contribution in [0, 0.1) is 11.6 Å². The smallest absolute Gasteiger partial charge is 0.255 e. The quantitative estimate of drug-likeness (QED) is 0.293. The Morgan fingerprint density at radius 3 is 2.29 bits per heavy atom. The molecular formula is C31H31F2N3O5S. The fourth-order valence-electron chi connectivity index (χ4n) is 5.40. The van der Waals surface area contributed by atoms with Crippen molar-refractivity contribution >= 4 is 38.4 Å². The minimum atomic E-state index is -3.70. The molecule has 2 N–H and O–H groups in total. The average molecular weight is 596 g/mol. The number of halogens is 2. The van der Waals surface area contributed by atoms with Crippen molar-refractivity contribution in [1.82, 2.24) is 10.6 Å². The minimum Gasteiger partial charge on any atom is -0.455 e. The van der Waals surface area contributed by atoms with Crippen molar-refractivity contribution < 1.29 is 31.2 Å². The van der Waals surface area contributed by atoms with Gasteiger partial charge in [0, 0.05) is 43.6 Å². The molecule has 1 fully saturated rings. The molecule has 0 radical (unpaired) electrons. The highest BCUT2D eigenvalue weighted by Crippen LogP contribution is 2.41. The number of amides is 1. The number of nitrogens with zero attached hydrogens (tertiary/aromatic N) is 1. The largest absolute Gasteiger partial charge is 0.455 e. The third-order valence-electron chi connectivity index (χ3n) is 7.68. The van der Waals surface area contributed by atoms with E-state index >= 15 is 0 Å². The zero-order valence-electron chi connectivity index (χ0n) is 23.4. The van der Waals surface area contributed by atoms with Gasteiger partial charge in [0.2, 0.25) is 10.0 Å². The van der Waals surface area contributed by atoms with Crippen molar-refractivity contribution in [3.05, 3.63) is 89.0 Å². The molecule has 1 amide bonds. The summed E-state index contributed by atoms with van der Waals surface area (Å²) in [7, 11) is -0.773. The van der Waals surface area contributed by atoms with Crippen molar-refractivity contribution in [2.45, 2.75) is 37.8 Å². The Labute approximate surface area is 242 Å². The van der Waals surface area contributed by atoms with Crippen molar-refractivity contribution in [2.75, 3.05) is 24.7 Å². The number of sulfonamides is 1. The predicted molar refractivity (Wildman–Crippen MR) is 157 cm³/mol. The maximum absolute atomic E-state index is 13.7. The molecule has 3 aromatic carbocycles. The normalized spacial score (nSPS) is 17.3. The fourth-order valence-corrected chi connectivity index (χ4v) is 5.91. The number of carbonyl (C=O) groups excluding carboxylic acids is 2. The number of Topliss-reactive ketones (excluding diaryl/α,β-unsaturated/α-hetero) is 1. The standard InChI is InChI=1S/C31H31F2N3O5S/c1-34-31(38)29-23-16-22(24-5-4-6-25(35-24)27(37)15-18-7-11-20(32)12-8-18)26(36(2)42(3,39)40)17-28(23)41-30(29)19-9-13-21(33)14-10-19/h7-14,16-17,24-25,35H,4-6,15H2,1-3H3,(H,34,38)/t24-,25?/m0/s1. The monoisotopic (exact) mass is 595 g/mol. The van der Waals surface area contributed by atoms with Crippen LogP contribution in [-0.2, 0) is 21.2 Å². The van der Waals surface area contributed by atoms with Crippen LogP contribution >= 0.6 is 0 Å². The molecule has 0 saturated carbocycles. The Bertz CT molecular complexity index is 1750. The van der Waals surface area contributed by atoms with Crippen molar-refractivity contribution in [3.8, 4) is 11.3 Å². The van der Waals surface area contributed by atoms with E-state index in [0.717, 1.165) is 10.6 Å². The lowest BCUT2D eigenvalue weighted by atomic mass is 9.88. The molecule has 0 bridgehead atoms. The van der Waals surface area contributed by atoms with Gasteiger partial charge >= 0.3 is 0 Å². The van der Waals surface area contributed by atoms with E-state index in [0.29, 0.717) is 47.0 Å². The molecule has 1 saturated heterocycles. The molecular weight excluding hydrogens is 564 g/mol. The SMILES string of the molecule is CNC(=O)c1c(-c2ccc(F)cc2)oc2cc(N(C)S(C)(=O)=O)c([C@@H]3CCCC(C(=O)Cc4ccc(F)cc4)N3)cc12. The molecule has 1 aliphatic rings. The topological polar surface area (TPSA) is 109 Å². The van der Waals surface area contributed by atoms with Gasteiger partial charge in [0.15, 0.2) is 5.78 Å². The highest BCUT2D eigenvalue weighted by molar-refractivity contribution is 7.92. The Morgan fingerprint density at radius 2 is 1.67 bits per heavy atom. The third-order valence-corrected chi connectivity index (χ3v) is 8.87. The number of hydrogen-bond donors (Lipinski definition) is 2. The van der Waals surface area contributed by atoms with Crippen LogP contribution < -0.4 is 14.9 Å². The molecule has 4 aromatic rings. The van der Waals surface area contributed by atoms with Crippen molar-refractivity contribution in [1.29, 1.82) is 0 Å². The van der Waals surface area contributed by atoms with Gasteiger partial charge in [0.05, 0.1) is 23.5 Å². The minimum absolute atomic E-state index is 0.0571. The zero-order chi connectivity index (χ0) is 30.2. The Morgan fingerprint density at radius 1 is 1.02 bits per heavy atom. The molecule has 2 heterocycles. The highest BCUT2D eigenvalue weighted by atomic mass is 32.2. The molecule has 220 valence electrons. The van der Waals surface area contributed by atoms with Crippen LogP contribution in [-0.4, -0.2) is 46.5 Å². The number of piperidine rings is 1. The van der Waals surface area contributed by atoms with Crippen molar-refractivity contribution in [2.24, 2.45) is 0 Å². The van der Waals surface area contributed by atoms with Gasteiger partial charge in [-0.1, -0.05) is 12.1 Å². The lowest BCUT2D eigenvalue weighted by molar-refractivity contribution is -0.121. The number of hydrogen-bond acceptors (Lipinski definition) is 6. The number of furan rings is 1. The maximum atomic E-state index is 13.7. The van der Waals surface area contributed by atoms with Gasteiger partial charge in [-0.15, -0.1) is 0 Å². The molecule has 0 spiro atoms. The fraction of sp³-hybridized carbons (Fsp3) is 0.290. The van der Waals surface area contributed by atoms with E-state index in [2.05, 4.69) is 10.6 Å². The van der Waals surface area contributed by atoms with Gasteiger partial charge in [-0.3, -0.25) is 13.9 Å². The molecule has 42 heavy (non-hydrogen) atoms. The summed E-state index contributed by atoms with van der Waals surface area (Å²) < 4.78 is 59.6. The van der Waals surface area contributed by atoms with E-state index < -0.39 is 33.8 Å². The van der Waals surface area contributed by atoms with Gasteiger partial charge < -0.3 is 15.1 Å². The number of nitrogens with one attached hydrogen (secondary N) is 2. The number of rotatable bonds is 8. The maximum Gasteiger partial charge on any atom is 0.255 e. The summed E-state index contributed by atoms with van der Waals surface area (Å²) in [5.74, 6) is -1.08. The van der Waals surface area contributed by atoms with Crippen LogP contribution in [0.3, 0.4) is 0 Å². The number of ketones is 1. The molecule has 8 nitrogen and oxygen atoms in total. The number of anilines is 1.